The van der Waals surface area contributed by atoms with Crippen molar-refractivity contribution in [3.63, 3.8) is 0 Å². The number of Topliss-reactive ketones (excluding diaryl/α,β-unsaturated/α-hetero) is 1. The molecule has 3 rings (SSSR count). The van der Waals surface area contributed by atoms with E-state index < -0.39 is 11.0 Å². The van der Waals surface area contributed by atoms with Gasteiger partial charge in [0.05, 0.1) is 6.10 Å². The third kappa shape index (κ3) is 2.00. The Balaban J connectivity index is 2.22. The highest BCUT2D eigenvalue weighted by molar-refractivity contribution is 5.94. The number of carbonyl (C=O) groups is 1. The Bertz CT molecular complexity index is 553. The van der Waals surface area contributed by atoms with Gasteiger partial charge in [-0.25, -0.2) is 0 Å². The van der Waals surface area contributed by atoms with E-state index in [-0.39, 0.29) is 28.6 Å². The first-order valence-electron chi connectivity index (χ1n) is 9.53. The average Bonchev–Trinajstić information content (AvgIpc) is 2.96. The Kier molecular flexibility index (Phi) is 4.09. The van der Waals surface area contributed by atoms with Crippen molar-refractivity contribution in [2.75, 3.05) is 7.11 Å². The molecule has 0 aliphatic heterocycles. The molecule has 3 nitrogen and oxygen atoms in total. The van der Waals surface area contributed by atoms with Crippen LogP contribution in [0, 0.1) is 28.1 Å². The zero-order chi connectivity index (χ0) is 18.0. The number of ether oxygens (including phenoxy) is 1. The molecule has 7 atom stereocenters. The molecule has 0 aromatic carbocycles. The first-order chi connectivity index (χ1) is 11.1. The summed E-state index contributed by atoms with van der Waals surface area (Å²) in [5, 5.41) is 11.6. The number of carbonyl (C=O) groups excluding carboxylic acids is 1. The van der Waals surface area contributed by atoms with Gasteiger partial charge in [-0.1, -0.05) is 19.9 Å². The van der Waals surface area contributed by atoms with Gasteiger partial charge >= 0.3 is 0 Å². The predicted octanol–water partition coefficient (Wildman–Crippen LogP) is 4.14. The van der Waals surface area contributed by atoms with Crippen LogP contribution in [-0.2, 0) is 9.53 Å². The molecule has 0 heterocycles. The molecule has 0 radical (unpaired) electrons. The van der Waals surface area contributed by atoms with E-state index in [0.29, 0.717) is 5.92 Å². The van der Waals surface area contributed by atoms with Gasteiger partial charge in [0, 0.05) is 17.9 Å². The molecule has 3 saturated carbocycles. The molecule has 1 N–H and O–H groups in total. The second kappa shape index (κ2) is 5.41. The van der Waals surface area contributed by atoms with Crippen LogP contribution >= 0.6 is 0 Å². The Morgan fingerprint density at radius 3 is 2.38 bits per heavy atom. The van der Waals surface area contributed by atoms with Crippen LogP contribution in [0.1, 0.15) is 66.2 Å². The SMILES string of the molecule is C=CC1(C)CCC2(C)C(C)CCC3(CCC(OC)C23)C(C)(O)C1=O. The summed E-state index contributed by atoms with van der Waals surface area (Å²) in [4.78, 5) is 13.4. The molecule has 0 spiro atoms. The molecule has 3 aliphatic rings. The molecule has 24 heavy (non-hydrogen) atoms. The van der Waals surface area contributed by atoms with Crippen LogP contribution in [0.4, 0.5) is 0 Å². The van der Waals surface area contributed by atoms with Crippen molar-refractivity contribution in [3.8, 4) is 0 Å². The molecule has 0 aromatic heterocycles. The summed E-state index contributed by atoms with van der Waals surface area (Å²) in [6.07, 6.45) is 7.48. The molecule has 3 aliphatic carbocycles. The van der Waals surface area contributed by atoms with E-state index in [1.165, 1.54) is 0 Å². The lowest BCUT2D eigenvalue weighted by atomic mass is 9.43. The van der Waals surface area contributed by atoms with Gasteiger partial charge in [-0.2, -0.15) is 0 Å². The summed E-state index contributed by atoms with van der Waals surface area (Å²) in [5.41, 5.74) is -2.25. The standard InChI is InChI=1S/C21H34O3/c1-7-18(3)12-13-19(4)14(2)8-10-21(20(5,23)17(18)22)11-9-15(24-6)16(19)21/h7,14-16,23H,1,8-13H2,2-6H3. The molecular formula is C21H34O3. The Morgan fingerprint density at radius 2 is 1.79 bits per heavy atom. The van der Waals surface area contributed by atoms with E-state index in [1.54, 1.807) is 20.1 Å². The number of rotatable bonds is 2. The first-order valence-corrected chi connectivity index (χ1v) is 9.53. The molecule has 136 valence electrons. The molecular weight excluding hydrogens is 300 g/mol. The number of hydrogen-bond acceptors (Lipinski definition) is 3. The normalized spacial score (nSPS) is 54.8. The van der Waals surface area contributed by atoms with Crippen LogP contribution in [0.5, 0.6) is 0 Å². The third-order valence-corrected chi connectivity index (χ3v) is 8.57. The lowest BCUT2D eigenvalue weighted by Crippen LogP contribution is -2.65. The van der Waals surface area contributed by atoms with Gasteiger partial charge in [0.15, 0.2) is 5.78 Å². The largest absolute Gasteiger partial charge is 0.382 e. The van der Waals surface area contributed by atoms with Crippen molar-refractivity contribution in [3.05, 3.63) is 12.7 Å². The maximum atomic E-state index is 13.4. The molecule has 0 aromatic rings. The van der Waals surface area contributed by atoms with Gasteiger partial charge in [0.1, 0.15) is 5.60 Å². The molecule has 0 amide bonds. The van der Waals surface area contributed by atoms with E-state index in [0.717, 1.165) is 38.5 Å². The van der Waals surface area contributed by atoms with Crippen LogP contribution in [0.15, 0.2) is 12.7 Å². The lowest BCUT2D eigenvalue weighted by Gasteiger charge is -2.62. The van der Waals surface area contributed by atoms with Crippen LogP contribution in [0.25, 0.3) is 0 Å². The fourth-order valence-electron chi connectivity index (χ4n) is 6.59. The summed E-state index contributed by atoms with van der Waals surface area (Å²) in [5.74, 6) is 0.778. The lowest BCUT2D eigenvalue weighted by molar-refractivity contribution is -0.203. The topological polar surface area (TPSA) is 46.5 Å². The van der Waals surface area contributed by atoms with E-state index in [9.17, 15) is 9.90 Å². The second-order valence-electron chi connectivity index (χ2n) is 9.42. The smallest absolute Gasteiger partial charge is 0.174 e. The van der Waals surface area contributed by atoms with Crippen molar-refractivity contribution >= 4 is 5.78 Å². The monoisotopic (exact) mass is 334 g/mol. The van der Waals surface area contributed by atoms with Gasteiger partial charge in [0.2, 0.25) is 0 Å². The van der Waals surface area contributed by atoms with Crippen molar-refractivity contribution < 1.29 is 14.6 Å². The zero-order valence-corrected chi connectivity index (χ0v) is 16.0. The minimum Gasteiger partial charge on any atom is -0.382 e. The van der Waals surface area contributed by atoms with Gasteiger partial charge in [-0.05, 0) is 69.6 Å². The third-order valence-electron chi connectivity index (χ3n) is 8.57. The van der Waals surface area contributed by atoms with Crippen LogP contribution < -0.4 is 0 Å². The van der Waals surface area contributed by atoms with Gasteiger partial charge < -0.3 is 9.84 Å². The summed E-state index contributed by atoms with van der Waals surface area (Å²) in [6.45, 7) is 12.4. The van der Waals surface area contributed by atoms with Crippen LogP contribution in [0.3, 0.4) is 0 Å². The maximum absolute atomic E-state index is 13.4. The molecule has 7 unspecified atom stereocenters. The van der Waals surface area contributed by atoms with Crippen molar-refractivity contribution in [2.24, 2.45) is 28.1 Å². The Hall–Kier alpha value is -0.670. The highest BCUT2D eigenvalue weighted by Crippen LogP contribution is 2.69. The molecule has 0 saturated heterocycles. The fraction of sp³-hybridized carbons (Fsp3) is 0.857. The summed E-state index contributed by atoms with van der Waals surface area (Å²) >= 11 is 0. The Labute approximate surface area is 146 Å². The predicted molar refractivity (Wildman–Crippen MR) is 95.6 cm³/mol. The highest BCUT2D eigenvalue weighted by atomic mass is 16.5. The molecule has 3 fully saturated rings. The van der Waals surface area contributed by atoms with Crippen molar-refractivity contribution in [2.45, 2.75) is 77.9 Å². The first kappa shape index (κ1) is 18.1. The van der Waals surface area contributed by atoms with Gasteiger partial charge in [0.25, 0.3) is 0 Å². The quantitative estimate of drug-likeness (QED) is 0.772. The Morgan fingerprint density at radius 1 is 1.17 bits per heavy atom. The summed E-state index contributed by atoms with van der Waals surface area (Å²) in [7, 11) is 1.79. The number of hydrogen-bond donors (Lipinski definition) is 1. The number of ketones is 1. The fourth-order valence-corrected chi connectivity index (χ4v) is 6.59. The number of aliphatic hydroxyl groups is 1. The summed E-state index contributed by atoms with van der Waals surface area (Å²) in [6, 6.07) is 0. The van der Waals surface area contributed by atoms with Crippen molar-refractivity contribution in [1.82, 2.24) is 0 Å². The zero-order valence-electron chi connectivity index (χ0n) is 16.0. The summed E-state index contributed by atoms with van der Waals surface area (Å²) < 4.78 is 5.89. The van der Waals surface area contributed by atoms with Gasteiger partial charge in [-0.15, -0.1) is 6.58 Å². The molecule has 3 heteroatoms. The van der Waals surface area contributed by atoms with E-state index >= 15 is 0 Å². The maximum Gasteiger partial charge on any atom is 0.174 e. The van der Waals surface area contributed by atoms with E-state index in [4.69, 9.17) is 4.74 Å². The molecule has 2 bridgehead atoms. The minimum absolute atomic E-state index is 0.0386. The number of allylic oxidation sites excluding steroid dienone is 1. The minimum atomic E-state index is -1.32. The van der Waals surface area contributed by atoms with Crippen LogP contribution in [-0.4, -0.2) is 29.7 Å². The number of methoxy groups -OCH3 is 1. The average molecular weight is 334 g/mol. The van der Waals surface area contributed by atoms with Crippen molar-refractivity contribution in [1.29, 1.82) is 0 Å². The van der Waals surface area contributed by atoms with Gasteiger partial charge in [-0.3, -0.25) is 4.79 Å². The van der Waals surface area contributed by atoms with E-state index in [1.807, 2.05) is 6.92 Å². The van der Waals surface area contributed by atoms with Crippen LogP contribution in [0.2, 0.25) is 0 Å². The van der Waals surface area contributed by atoms with E-state index in [2.05, 4.69) is 20.4 Å². The second-order valence-corrected chi connectivity index (χ2v) is 9.42. The highest BCUT2D eigenvalue weighted by Gasteiger charge is 2.70.